The zero-order chi connectivity index (χ0) is 26.9. The minimum absolute atomic E-state index is 0.216. The van der Waals surface area contributed by atoms with Gasteiger partial charge in [0.25, 0.3) is 0 Å². The van der Waals surface area contributed by atoms with E-state index in [9.17, 15) is 5.11 Å². The number of nitrogens with zero attached hydrogens (tertiary/aromatic N) is 2. The molecule has 3 aromatic rings. The molecular weight excluding hydrogens is 511 g/mol. The van der Waals surface area contributed by atoms with Crippen LogP contribution in [0.25, 0.3) is 0 Å². The van der Waals surface area contributed by atoms with E-state index >= 15 is 0 Å². The normalized spacial score (nSPS) is 14.7. The molecule has 0 radical (unpaired) electrons. The van der Waals surface area contributed by atoms with Crippen molar-refractivity contribution < 1.29 is 9.84 Å². The summed E-state index contributed by atoms with van der Waals surface area (Å²) in [5, 5.41) is 14.6. The molecule has 0 aliphatic heterocycles. The predicted octanol–water partition coefficient (Wildman–Crippen LogP) is 5.34. The van der Waals surface area contributed by atoms with Crippen molar-refractivity contribution in [2.24, 2.45) is 4.99 Å². The van der Waals surface area contributed by atoms with Gasteiger partial charge in [0.2, 0.25) is 0 Å². The molecule has 2 unspecified atom stereocenters. The maximum absolute atomic E-state index is 10.9. The van der Waals surface area contributed by atoms with Crippen LogP contribution >= 0.6 is 19.9 Å². The Labute approximate surface area is 230 Å². The summed E-state index contributed by atoms with van der Waals surface area (Å²) < 4.78 is 6.14. The first kappa shape index (κ1) is 29.6. The van der Waals surface area contributed by atoms with Crippen molar-refractivity contribution in [1.29, 1.82) is 0 Å². The standard InChI is InChI=1S/C30H43N2O2PSSi/c1-25(36)31-30(32(26(2)33)24-34-21-22-37(3,4)5)23-35(27-15-9-6-10-16-27,28-17-11-7-12-18-28)29-19-13-8-14-20-29/h6-20,25-26,33,35-36H,21-24H2,1-5H3/b31-30-. The zero-order valence-corrected chi connectivity index (χ0v) is 25.7. The fraction of sp³-hybridized carbons (Fsp3) is 0.367. The number of aliphatic hydroxyl groups excluding tert-OH is 1. The van der Waals surface area contributed by atoms with Crippen LogP contribution < -0.4 is 15.9 Å². The van der Waals surface area contributed by atoms with Gasteiger partial charge in [-0.3, -0.25) is 0 Å². The molecule has 0 saturated heterocycles. The van der Waals surface area contributed by atoms with Crippen LogP contribution in [0.4, 0.5) is 0 Å². The van der Waals surface area contributed by atoms with Crippen LogP contribution in [-0.2, 0) is 4.74 Å². The van der Waals surface area contributed by atoms with E-state index in [1.165, 1.54) is 15.9 Å². The summed E-state index contributed by atoms with van der Waals surface area (Å²) in [5.41, 5.74) is 0. The summed E-state index contributed by atoms with van der Waals surface area (Å²) in [7, 11) is -3.83. The Kier molecular flexibility index (Phi) is 11.0. The van der Waals surface area contributed by atoms with Gasteiger partial charge in [0.05, 0.1) is 0 Å². The summed E-state index contributed by atoms with van der Waals surface area (Å²) in [6.45, 7) is 11.8. The van der Waals surface area contributed by atoms with Crippen LogP contribution in [0.3, 0.4) is 0 Å². The van der Waals surface area contributed by atoms with Gasteiger partial charge in [-0.25, -0.2) is 0 Å². The van der Waals surface area contributed by atoms with Gasteiger partial charge < -0.3 is 0 Å². The van der Waals surface area contributed by atoms with Crippen molar-refractivity contribution in [3.8, 4) is 0 Å². The van der Waals surface area contributed by atoms with E-state index in [0.29, 0.717) is 19.5 Å². The second kappa shape index (κ2) is 13.7. The van der Waals surface area contributed by atoms with Crippen LogP contribution in [0.5, 0.6) is 0 Å². The van der Waals surface area contributed by atoms with E-state index in [2.05, 4.69) is 123 Å². The van der Waals surface area contributed by atoms with Gasteiger partial charge in [0, 0.05) is 0 Å². The SMILES string of the molecule is CC(S)/N=C(/C[PH](c1ccccc1)(c1ccccc1)c1ccccc1)N(COCC[Si](C)(C)C)C(C)O. The van der Waals surface area contributed by atoms with Crippen LogP contribution in [0.1, 0.15) is 13.8 Å². The van der Waals surface area contributed by atoms with Crippen molar-refractivity contribution in [2.75, 3.05) is 19.5 Å². The molecular formula is C30H43N2O2PSSi. The Morgan fingerprint density at radius 1 is 0.865 bits per heavy atom. The number of hydrogen-bond donors (Lipinski definition) is 2. The van der Waals surface area contributed by atoms with E-state index in [0.717, 1.165) is 11.9 Å². The van der Waals surface area contributed by atoms with E-state index < -0.39 is 21.6 Å². The quantitative estimate of drug-likeness (QED) is 0.0604. The molecule has 0 aromatic heterocycles. The topological polar surface area (TPSA) is 45.1 Å². The Morgan fingerprint density at radius 3 is 1.65 bits per heavy atom. The maximum atomic E-state index is 10.9. The number of amidine groups is 1. The fourth-order valence-electron chi connectivity index (χ4n) is 4.59. The van der Waals surface area contributed by atoms with E-state index in [4.69, 9.17) is 9.73 Å². The molecule has 0 spiro atoms. The van der Waals surface area contributed by atoms with Crippen molar-refractivity contribution in [1.82, 2.24) is 4.90 Å². The summed E-state index contributed by atoms with van der Waals surface area (Å²) in [6, 6.07) is 33.4. The van der Waals surface area contributed by atoms with Crippen LogP contribution in [-0.4, -0.2) is 55.0 Å². The van der Waals surface area contributed by atoms with E-state index in [-0.39, 0.29) is 5.37 Å². The van der Waals surface area contributed by atoms with Gasteiger partial charge in [-0.1, -0.05) is 0 Å². The number of aliphatic imine (C=N–C) groups is 1. The second-order valence-corrected chi connectivity index (χ2v) is 21.1. The van der Waals surface area contributed by atoms with Crippen molar-refractivity contribution in [3.05, 3.63) is 91.0 Å². The first-order chi connectivity index (χ1) is 17.6. The number of ether oxygens (including phenoxy) is 1. The molecule has 3 rings (SSSR count). The molecule has 0 saturated carbocycles. The Balaban J connectivity index is 2.14. The second-order valence-electron chi connectivity index (χ2n) is 10.8. The number of benzene rings is 3. The van der Waals surface area contributed by atoms with Crippen LogP contribution in [0, 0.1) is 0 Å². The first-order valence-electron chi connectivity index (χ1n) is 13.1. The van der Waals surface area contributed by atoms with Crippen molar-refractivity contribution in [3.63, 3.8) is 0 Å². The number of thiol groups is 1. The average Bonchev–Trinajstić information content (AvgIpc) is 2.87. The predicted molar refractivity (Wildman–Crippen MR) is 170 cm³/mol. The van der Waals surface area contributed by atoms with Gasteiger partial charge in [0.1, 0.15) is 0 Å². The molecule has 1 N–H and O–H groups in total. The Morgan fingerprint density at radius 2 is 1.30 bits per heavy atom. The molecule has 0 fully saturated rings. The number of hydrogen-bond acceptors (Lipinski definition) is 4. The molecule has 3 aromatic carbocycles. The third-order valence-corrected chi connectivity index (χ3v) is 13.2. The number of rotatable bonds is 12. The van der Waals surface area contributed by atoms with Crippen LogP contribution in [0.2, 0.25) is 25.7 Å². The minimum atomic E-state index is -2.61. The Hall–Kier alpha value is -1.95. The molecule has 4 nitrogen and oxygen atoms in total. The third-order valence-electron chi connectivity index (χ3n) is 6.57. The monoisotopic (exact) mass is 554 g/mol. The molecule has 0 amide bonds. The average molecular weight is 555 g/mol. The molecule has 37 heavy (non-hydrogen) atoms. The van der Waals surface area contributed by atoms with Crippen molar-refractivity contribution >= 4 is 49.7 Å². The summed E-state index contributed by atoms with van der Waals surface area (Å²) in [6.07, 6.45) is -0.0650. The van der Waals surface area contributed by atoms with Crippen LogP contribution in [0.15, 0.2) is 96.0 Å². The van der Waals surface area contributed by atoms with Gasteiger partial charge in [-0.2, -0.15) is 0 Å². The summed E-state index contributed by atoms with van der Waals surface area (Å²) in [5.74, 6) is 0.828. The zero-order valence-electron chi connectivity index (χ0n) is 22.8. The molecule has 0 aliphatic rings. The fourth-order valence-corrected chi connectivity index (χ4v) is 10.1. The first-order valence-corrected chi connectivity index (χ1v) is 19.5. The van der Waals surface area contributed by atoms with Gasteiger partial charge in [-0.05, 0) is 0 Å². The van der Waals surface area contributed by atoms with E-state index in [1.54, 1.807) is 6.92 Å². The van der Waals surface area contributed by atoms with Gasteiger partial charge in [0.15, 0.2) is 0 Å². The number of aliphatic hydroxyl groups is 1. The summed E-state index contributed by atoms with van der Waals surface area (Å²) in [4.78, 5) is 6.91. The van der Waals surface area contributed by atoms with Crippen molar-refractivity contribution in [2.45, 2.75) is 51.1 Å². The molecule has 0 heterocycles. The molecule has 200 valence electrons. The Bertz CT molecular complexity index is 1010. The molecule has 0 aliphatic carbocycles. The van der Waals surface area contributed by atoms with E-state index in [1.807, 2.05) is 11.8 Å². The molecule has 0 bridgehead atoms. The molecule has 7 heteroatoms. The third kappa shape index (κ3) is 8.26. The molecule has 2 atom stereocenters. The van der Waals surface area contributed by atoms with Gasteiger partial charge >= 0.3 is 231 Å². The summed E-state index contributed by atoms with van der Waals surface area (Å²) >= 11 is 4.64. The van der Waals surface area contributed by atoms with Gasteiger partial charge in [-0.15, -0.1) is 0 Å².